The Hall–Kier alpha value is -4.12. The fourth-order valence-electron chi connectivity index (χ4n) is 4.34. The summed E-state index contributed by atoms with van der Waals surface area (Å²) in [4.78, 5) is 22.1. The highest BCUT2D eigenvalue weighted by molar-refractivity contribution is 5.98. The molecule has 9 nitrogen and oxygen atoms in total. The van der Waals surface area contributed by atoms with Gasteiger partial charge in [0.05, 0.1) is 37.0 Å². The summed E-state index contributed by atoms with van der Waals surface area (Å²) in [7, 11) is 3.14. The number of benzene rings is 2. The second-order valence-electron chi connectivity index (χ2n) is 8.78. The molecule has 1 saturated heterocycles. The Kier molecular flexibility index (Phi) is 6.95. The number of fused-ring (bicyclic) bond motifs is 1. The molecule has 0 bridgehead atoms. The highest BCUT2D eigenvalue weighted by atomic mass is 19.1. The standard InChI is InChI=1S/C26H26F2N6O3/c1-34-22(7-9-30-34)24(15-5-6-23(36-2)18(27)11-15)33-25(35)16-3-4-17-13-29-26(32-21(17)12-16)31-20-8-10-37-14-19(20)28/h3-7,9,11-13,19-20,24H,8,10,14H2,1-2H3,(H,33,35)(H,29,31,32). The number of nitrogens with zero attached hydrogens (tertiary/aromatic N) is 4. The first-order valence-electron chi connectivity index (χ1n) is 11.8. The Morgan fingerprint density at radius 3 is 2.84 bits per heavy atom. The molecule has 2 N–H and O–H groups in total. The molecule has 37 heavy (non-hydrogen) atoms. The van der Waals surface area contributed by atoms with E-state index in [4.69, 9.17) is 9.47 Å². The van der Waals surface area contributed by atoms with E-state index in [9.17, 15) is 13.6 Å². The number of nitrogens with one attached hydrogen (secondary N) is 2. The summed E-state index contributed by atoms with van der Waals surface area (Å²) < 4.78 is 40.5. The molecule has 0 radical (unpaired) electrons. The third-order valence-corrected chi connectivity index (χ3v) is 6.39. The quantitative estimate of drug-likeness (QED) is 0.393. The van der Waals surface area contributed by atoms with Crippen molar-refractivity contribution < 1.29 is 23.0 Å². The van der Waals surface area contributed by atoms with Gasteiger partial charge in [-0.1, -0.05) is 12.1 Å². The lowest BCUT2D eigenvalue weighted by atomic mass is 10.0. The number of hydrogen-bond acceptors (Lipinski definition) is 7. The summed E-state index contributed by atoms with van der Waals surface area (Å²) in [6, 6.07) is 10.2. The number of methoxy groups -OCH3 is 1. The molecule has 2 aromatic carbocycles. The number of aryl methyl sites for hydroxylation is 1. The average Bonchev–Trinajstić information content (AvgIpc) is 3.33. The van der Waals surface area contributed by atoms with Crippen LogP contribution in [0.3, 0.4) is 0 Å². The smallest absolute Gasteiger partial charge is 0.252 e. The maximum atomic E-state index is 14.5. The predicted molar refractivity (Wildman–Crippen MR) is 133 cm³/mol. The van der Waals surface area contributed by atoms with Gasteiger partial charge in [0.25, 0.3) is 5.91 Å². The van der Waals surface area contributed by atoms with Gasteiger partial charge >= 0.3 is 0 Å². The van der Waals surface area contributed by atoms with E-state index in [2.05, 4.69) is 25.7 Å². The molecule has 0 spiro atoms. The van der Waals surface area contributed by atoms with Crippen molar-refractivity contribution in [3.8, 4) is 5.75 Å². The number of carbonyl (C=O) groups is 1. The lowest BCUT2D eigenvalue weighted by Gasteiger charge is -2.26. The zero-order valence-corrected chi connectivity index (χ0v) is 20.3. The fraction of sp³-hybridized carbons (Fsp3) is 0.308. The molecule has 1 aliphatic rings. The van der Waals surface area contributed by atoms with E-state index in [0.717, 1.165) is 5.39 Å². The molecule has 0 saturated carbocycles. The van der Waals surface area contributed by atoms with Crippen molar-refractivity contribution in [2.75, 3.05) is 25.6 Å². The second kappa shape index (κ2) is 10.5. The first-order valence-corrected chi connectivity index (χ1v) is 11.8. The highest BCUT2D eigenvalue weighted by Gasteiger charge is 2.26. The summed E-state index contributed by atoms with van der Waals surface area (Å²) in [6.07, 6.45) is 2.58. The zero-order chi connectivity index (χ0) is 25.9. The maximum absolute atomic E-state index is 14.5. The van der Waals surface area contributed by atoms with Crippen molar-refractivity contribution in [2.45, 2.75) is 24.7 Å². The normalized spacial score (nSPS) is 18.4. The van der Waals surface area contributed by atoms with Crippen molar-refractivity contribution in [3.05, 3.63) is 77.5 Å². The third kappa shape index (κ3) is 5.21. The minimum Gasteiger partial charge on any atom is -0.494 e. The van der Waals surface area contributed by atoms with E-state index >= 15 is 0 Å². The Balaban J connectivity index is 1.42. The van der Waals surface area contributed by atoms with Crippen LogP contribution in [0.15, 0.2) is 54.9 Å². The number of halogens is 2. The molecule has 5 rings (SSSR count). The van der Waals surface area contributed by atoms with Crippen LogP contribution >= 0.6 is 0 Å². The molecule has 3 atom stereocenters. The van der Waals surface area contributed by atoms with Gasteiger partial charge in [-0.3, -0.25) is 9.48 Å². The van der Waals surface area contributed by atoms with E-state index in [0.29, 0.717) is 35.4 Å². The number of amides is 1. The van der Waals surface area contributed by atoms with Gasteiger partial charge in [0.1, 0.15) is 6.17 Å². The lowest BCUT2D eigenvalue weighted by molar-refractivity contribution is 0.0284. The number of rotatable bonds is 7. The summed E-state index contributed by atoms with van der Waals surface area (Å²) in [5.74, 6) is -0.534. The molecule has 1 fully saturated rings. The summed E-state index contributed by atoms with van der Waals surface area (Å²) >= 11 is 0. The number of carbonyl (C=O) groups excluding carboxylic acids is 1. The molecule has 1 amide bonds. The van der Waals surface area contributed by atoms with Crippen LogP contribution < -0.4 is 15.4 Å². The van der Waals surface area contributed by atoms with Crippen molar-refractivity contribution >= 4 is 22.8 Å². The van der Waals surface area contributed by atoms with Crippen LogP contribution in [0.4, 0.5) is 14.7 Å². The molecular weight excluding hydrogens is 482 g/mol. The molecule has 0 aliphatic carbocycles. The van der Waals surface area contributed by atoms with Gasteiger partial charge < -0.3 is 20.1 Å². The molecule has 1 aliphatic heterocycles. The maximum Gasteiger partial charge on any atom is 0.252 e. The molecule has 4 aromatic rings. The Bertz CT molecular complexity index is 1430. The van der Waals surface area contributed by atoms with E-state index in [1.165, 1.54) is 19.2 Å². The molecule has 192 valence electrons. The Morgan fingerprint density at radius 1 is 1.24 bits per heavy atom. The van der Waals surface area contributed by atoms with E-state index in [-0.39, 0.29) is 24.2 Å². The number of aromatic nitrogens is 4. The molecular formula is C26H26F2N6O3. The fourth-order valence-corrected chi connectivity index (χ4v) is 4.34. The minimum absolute atomic E-state index is 0.0332. The van der Waals surface area contributed by atoms with Gasteiger partial charge in [-0.05, 0) is 42.3 Å². The average molecular weight is 509 g/mol. The van der Waals surface area contributed by atoms with Gasteiger partial charge in [0.15, 0.2) is 11.6 Å². The van der Waals surface area contributed by atoms with E-state index in [1.807, 2.05) is 0 Å². The van der Waals surface area contributed by atoms with Crippen molar-refractivity contribution in [2.24, 2.45) is 7.05 Å². The topological polar surface area (TPSA) is 103 Å². The SMILES string of the molecule is COc1ccc(C(NC(=O)c2ccc3cnc(NC4CCOCC4F)nc3c2)c2ccnn2C)cc1F. The van der Waals surface area contributed by atoms with Crippen LogP contribution in [-0.2, 0) is 11.8 Å². The number of anilines is 1. The van der Waals surface area contributed by atoms with Gasteiger partial charge in [-0.15, -0.1) is 0 Å². The highest BCUT2D eigenvalue weighted by Crippen LogP contribution is 2.27. The lowest BCUT2D eigenvalue weighted by Crippen LogP contribution is -2.39. The van der Waals surface area contributed by atoms with Crippen LogP contribution in [-0.4, -0.2) is 58.2 Å². The van der Waals surface area contributed by atoms with Crippen molar-refractivity contribution in [3.63, 3.8) is 0 Å². The predicted octanol–water partition coefficient (Wildman–Crippen LogP) is 3.57. The van der Waals surface area contributed by atoms with Crippen LogP contribution in [0.5, 0.6) is 5.75 Å². The number of hydrogen-bond donors (Lipinski definition) is 2. The van der Waals surface area contributed by atoms with Gasteiger partial charge in [0, 0.05) is 37.0 Å². The van der Waals surface area contributed by atoms with Gasteiger partial charge in [-0.25, -0.2) is 18.7 Å². The van der Waals surface area contributed by atoms with Crippen molar-refractivity contribution in [1.82, 2.24) is 25.1 Å². The van der Waals surface area contributed by atoms with Crippen LogP contribution in [0.2, 0.25) is 0 Å². The van der Waals surface area contributed by atoms with Crippen molar-refractivity contribution in [1.29, 1.82) is 0 Å². The van der Waals surface area contributed by atoms with Crippen LogP contribution in [0, 0.1) is 5.82 Å². The summed E-state index contributed by atoms with van der Waals surface area (Å²) in [5.41, 5.74) is 2.08. The van der Waals surface area contributed by atoms with Crippen LogP contribution in [0.25, 0.3) is 10.9 Å². The monoisotopic (exact) mass is 508 g/mol. The zero-order valence-electron chi connectivity index (χ0n) is 20.3. The Labute approximate surface area is 211 Å². The molecule has 3 unspecified atom stereocenters. The van der Waals surface area contributed by atoms with E-state index < -0.39 is 24.1 Å². The number of alkyl halides is 1. The molecule has 3 heterocycles. The second-order valence-corrected chi connectivity index (χ2v) is 8.78. The first-order chi connectivity index (χ1) is 17.9. The first kappa shape index (κ1) is 24.6. The largest absolute Gasteiger partial charge is 0.494 e. The molecule has 11 heteroatoms. The van der Waals surface area contributed by atoms with Gasteiger partial charge in [-0.2, -0.15) is 5.10 Å². The van der Waals surface area contributed by atoms with Gasteiger partial charge in [0.2, 0.25) is 5.95 Å². The Morgan fingerprint density at radius 2 is 2.11 bits per heavy atom. The molecule has 2 aromatic heterocycles. The van der Waals surface area contributed by atoms with E-state index in [1.54, 1.807) is 54.5 Å². The minimum atomic E-state index is -1.16. The summed E-state index contributed by atoms with van der Waals surface area (Å²) in [6.45, 7) is 0.497. The van der Waals surface area contributed by atoms with Crippen LogP contribution in [0.1, 0.15) is 34.1 Å². The summed E-state index contributed by atoms with van der Waals surface area (Å²) in [5, 5.41) is 10.9. The third-order valence-electron chi connectivity index (χ3n) is 6.39. The number of ether oxygens (including phenoxy) is 2.